The standard InChI is InChI=1S/C9H15N/c1-5-7(2)9(4)8(3)6-10/h5-6H,1,10H2,2-4H3/b8-6-,9-7-. The van der Waals surface area contributed by atoms with Crippen LogP contribution in [0.1, 0.15) is 20.8 Å². The Bertz CT molecular complexity index is 185. The zero-order valence-corrected chi connectivity index (χ0v) is 6.94. The van der Waals surface area contributed by atoms with E-state index in [9.17, 15) is 0 Å². The summed E-state index contributed by atoms with van der Waals surface area (Å²) < 4.78 is 0. The van der Waals surface area contributed by atoms with E-state index in [-0.39, 0.29) is 0 Å². The van der Waals surface area contributed by atoms with Gasteiger partial charge in [0.05, 0.1) is 0 Å². The van der Waals surface area contributed by atoms with Crippen LogP contribution in [0.5, 0.6) is 0 Å². The molecule has 0 rings (SSSR count). The van der Waals surface area contributed by atoms with Crippen molar-refractivity contribution in [2.45, 2.75) is 20.8 Å². The molecular formula is C9H15N. The molecule has 56 valence electrons. The van der Waals surface area contributed by atoms with Crippen molar-refractivity contribution >= 4 is 0 Å². The van der Waals surface area contributed by atoms with Gasteiger partial charge in [-0.15, -0.1) is 0 Å². The first-order valence-corrected chi connectivity index (χ1v) is 3.32. The van der Waals surface area contributed by atoms with Crippen LogP contribution in [0.25, 0.3) is 0 Å². The van der Waals surface area contributed by atoms with Crippen molar-refractivity contribution in [3.05, 3.63) is 35.6 Å². The van der Waals surface area contributed by atoms with Crippen molar-refractivity contribution in [3.8, 4) is 0 Å². The molecule has 1 heteroatoms. The average molecular weight is 137 g/mol. The number of hydrogen-bond donors (Lipinski definition) is 1. The van der Waals surface area contributed by atoms with Gasteiger partial charge in [0, 0.05) is 0 Å². The molecule has 1 nitrogen and oxygen atoms in total. The summed E-state index contributed by atoms with van der Waals surface area (Å²) in [5.74, 6) is 0. The summed E-state index contributed by atoms with van der Waals surface area (Å²) in [4.78, 5) is 0. The lowest BCUT2D eigenvalue weighted by Crippen LogP contribution is -1.88. The molecule has 0 aromatic rings. The minimum absolute atomic E-state index is 1.11. The third-order valence-corrected chi connectivity index (χ3v) is 1.74. The van der Waals surface area contributed by atoms with Crippen molar-refractivity contribution in [3.63, 3.8) is 0 Å². The Morgan fingerprint density at radius 2 is 1.80 bits per heavy atom. The van der Waals surface area contributed by atoms with Gasteiger partial charge < -0.3 is 5.73 Å². The van der Waals surface area contributed by atoms with Gasteiger partial charge in [-0.2, -0.15) is 0 Å². The van der Waals surface area contributed by atoms with Gasteiger partial charge in [-0.05, 0) is 43.7 Å². The molecule has 0 radical (unpaired) electrons. The van der Waals surface area contributed by atoms with E-state index in [4.69, 9.17) is 5.73 Å². The van der Waals surface area contributed by atoms with E-state index < -0.39 is 0 Å². The predicted octanol–water partition coefficient (Wildman–Crippen LogP) is 2.37. The molecule has 2 N–H and O–H groups in total. The van der Waals surface area contributed by atoms with Crippen molar-refractivity contribution in [1.82, 2.24) is 0 Å². The van der Waals surface area contributed by atoms with E-state index in [1.54, 1.807) is 6.20 Å². The van der Waals surface area contributed by atoms with Crippen LogP contribution in [-0.4, -0.2) is 0 Å². The molecule has 0 aliphatic heterocycles. The summed E-state index contributed by atoms with van der Waals surface area (Å²) in [7, 11) is 0. The molecule has 0 saturated carbocycles. The third-order valence-electron chi connectivity index (χ3n) is 1.74. The minimum atomic E-state index is 1.11. The molecule has 0 spiro atoms. The van der Waals surface area contributed by atoms with Crippen LogP contribution >= 0.6 is 0 Å². The maximum absolute atomic E-state index is 5.33. The first-order chi connectivity index (χ1) is 4.63. The molecule has 0 heterocycles. The van der Waals surface area contributed by atoms with Gasteiger partial charge in [-0.1, -0.05) is 12.7 Å². The van der Waals surface area contributed by atoms with Crippen molar-refractivity contribution < 1.29 is 0 Å². The van der Waals surface area contributed by atoms with Gasteiger partial charge in [0.1, 0.15) is 0 Å². The lowest BCUT2D eigenvalue weighted by molar-refractivity contribution is 1.26. The fourth-order valence-corrected chi connectivity index (χ4v) is 0.589. The highest BCUT2D eigenvalue weighted by molar-refractivity contribution is 5.35. The Balaban J connectivity index is 4.63. The van der Waals surface area contributed by atoms with Crippen molar-refractivity contribution in [2.75, 3.05) is 0 Å². The van der Waals surface area contributed by atoms with Crippen LogP contribution in [0.3, 0.4) is 0 Å². The number of nitrogens with two attached hydrogens (primary N) is 1. The molecule has 0 amide bonds. The third kappa shape index (κ3) is 2.09. The average Bonchev–Trinajstić information content (AvgIpc) is 2.00. The first kappa shape index (κ1) is 9.02. The highest BCUT2D eigenvalue weighted by Crippen LogP contribution is 2.12. The molecule has 0 atom stereocenters. The van der Waals surface area contributed by atoms with E-state index in [0.717, 1.165) is 5.57 Å². The fourth-order valence-electron chi connectivity index (χ4n) is 0.589. The number of allylic oxidation sites excluding steroid dienone is 4. The van der Waals surface area contributed by atoms with Gasteiger partial charge in [0.25, 0.3) is 0 Å². The summed E-state index contributed by atoms with van der Waals surface area (Å²) in [5, 5.41) is 0. The topological polar surface area (TPSA) is 26.0 Å². The van der Waals surface area contributed by atoms with Crippen LogP contribution in [0.4, 0.5) is 0 Å². The lowest BCUT2D eigenvalue weighted by Gasteiger charge is -2.02. The van der Waals surface area contributed by atoms with E-state index in [1.165, 1.54) is 11.1 Å². The van der Waals surface area contributed by atoms with E-state index in [2.05, 4.69) is 6.58 Å². The molecule has 0 saturated heterocycles. The summed E-state index contributed by atoms with van der Waals surface area (Å²) in [6.45, 7) is 9.72. The van der Waals surface area contributed by atoms with Crippen molar-refractivity contribution in [1.29, 1.82) is 0 Å². The molecule has 0 aromatic heterocycles. The van der Waals surface area contributed by atoms with Gasteiger partial charge in [-0.3, -0.25) is 0 Å². The second-order valence-electron chi connectivity index (χ2n) is 2.36. The monoisotopic (exact) mass is 137 g/mol. The summed E-state index contributed by atoms with van der Waals surface area (Å²) in [5.41, 5.74) is 8.83. The van der Waals surface area contributed by atoms with Crippen LogP contribution < -0.4 is 5.73 Å². The van der Waals surface area contributed by atoms with Gasteiger partial charge in [0.15, 0.2) is 0 Å². The first-order valence-electron chi connectivity index (χ1n) is 3.32. The van der Waals surface area contributed by atoms with E-state index in [0.29, 0.717) is 0 Å². The molecule has 0 aliphatic rings. The Kier molecular flexibility index (Phi) is 3.55. The largest absolute Gasteiger partial charge is 0.404 e. The molecule has 0 bridgehead atoms. The molecule has 0 aliphatic carbocycles. The number of rotatable bonds is 2. The SMILES string of the molecule is C=C/C(C)=C(C)\C(C)=C/N. The van der Waals surface area contributed by atoms with Crippen molar-refractivity contribution in [2.24, 2.45) is 5.73 Å². The molecule has 10 heavy (non-hydrogen) atoms. The van der Waals surface area contributed by atoms with Crippen LogP contribution in [0, 0.1) is 0 Å². The summed E-state index contributed by atoms with van der Waals surface area (Å²) in [6, 6.07) is 0. The van der Waals surface area contributed by atoms with Crippen LogP contribution in [0.15, 0.2) is 35.6 Å². The summed E-state index contributed by atoms with van der Waals surface area (Å²) in [6.07, 6.45) is 3.45. The summed E-state index contributed by atoms with van der Waals surface area (Å²) >= 11 is 0. The zero-order valence-electron chi connectivity index (χ0n) is 6.94. The Labute approximate surface area is 62.9 Å². The van der Waals surface area contributed by atoms with Gasteiger partial charge in [-0.25, -0.2) is 0 Å². The molecule has 0 fully saturated rings. The second kappa shape index (κ2) is 3.94. The fraction of sp³-hybridized carbons (Fsp3) is 0.333. The Morgan fingerprint density at radius 1 is 1.30 bits per heavy atom. The van der Waals surface area contributed by atoms with Crippen LogP contribution in [-0.2, 0) is 0 Å². The van der Waals surface area contributed by atoms with Crippen LogP contribution in [0.2, 0.25) is 0 Å². The van der Waals surface area contributed by atoms with E-state index in [1.807, 2.05) is 26.8 Å². The quantitative estimate of drug-likeness (QED) is 0.581. The predicted molar refractivity (Wildman–Crippen MR) is 46.5 cm³/mol. The zero-order chi connectivity index (χ0) is 8.15. The Hall–Kier alpha value is -0.980. The van der Waals surface area contributed by atoms with Gasteiger partial charge >= 0.3 is 0 Å². The Morgan fingerprint density at radius 3 is 2.10 bits per heavy atom. The highest BCUT2D eigenvalue weighted by atomic mass is 14.5. The minimum Gasteiger partial charge on any atom is -0.404 e. The molecule has 0 aromatic carbocycles. The lowest BCUT2D eigenvalue weighted by atomic mass is 10.1. The number of hydrogen-bond acceptors (Lipinski definition) is 1. The van der Waals surface area contributed by atoms with E-state index >= 15 is 0 Å². The normalized spacial score (nSPS) is 14.5. The molecular weight excluding hydrogens is 122 g/mol. The maximum atomic E-state index is 5.33. The smallest absolute Gasteiger partial charge is 0.00298 e. The highest BCUT2D eigenvalue weighted by Gasteiger charge is 1.93. The second-order valence-corrected chi connectivity index (χ2v) is 2.36. The maximum Gasteiger partial charge on any atom is -0.00298 e. The van der Waals surface area contributed by atoms with Gasteiger partial charge in [0.2, 0.25) is 0 Å². The molecule has 0 unspecified atom stereocenters.